The Morgan fingerprint density at radius 3 is 2.60 bits per heavy atom. The number of aromatic nitrogens is 4. The first-order valence-electron chi connectivity index (χ1n) is 9.10. The Hall–Kier alpha value is -4.25. The molecule has 7 nitrogen and oxygen atoms in total. The van der Waals surface area contributed by atoms with Crippen molar-refractivity contribution < 1.29 is 4.39 Å². The molecule has 0 saturated heterocycles. The third-order valence-corrected chi connectivity index (χ3v) is 4.71. The van der Waals surface area contributed by atoms with Gasteiger partial charge in [-0.15, -0.1) is 6.58 Å². The van der Waals surface area contributed by atoms with Crippen LogP contribution in [0.15, 0.2) is 77.1 Å². The van der Waals surface area contributed by atoms with Gasteiger partial charge in [0.1, 0.15) is 5.82 Å². The molecule has 148 valence electrons. The molecule has 0 N–H and O–H groups in total. The highest BCUT2D eigenvalue weighted by Crippen LogP contribution is 2.16. The molecule has 0 amide bonds. The number of hydrogen-bond donors (Lipinski definition) is 0. The number of allylic oxidation sites excluding steroid dienone is 1. The molecular weight excluding hydrogens is 385 g/mol. The van der Waals surface area contributed by atoms with Crippen LogP contribution in [0.4, 0.5) is 4.39 Å². The Labute approximate surface area is 170 Å². The second kappa shape index (κ2) is 7.64. The monoisotopic (exact) mass is 401 g/mol. The van der Waals surface area contributed by atoms with Crippen molar-refractivity contribution in [3.8, 4) is 11.8 Å². The van der Waals surface area contributed by atoms with Crippen LogP contribution >= 0.6 is 0 Å². The predicted octanol–water partition coefficient (Wildman–Crippen LogP) is 2.59. The first kappa shape index (κ1) is 19.1. The maximum Gasteiger partial charge on any atom is 0.337 e. The van der Waals surface area contributed by atoms with Gasteiger partial charge >= 0.3 is 5.69 Å². The van der Waals surface area contributed by atoms with Crippen molar-refractivity contribution in [2.24, 2.45) is 0 Å². The number of nitriles is 1. The lowest BCUT2D eigenvalue weighted by molar-refractivity contribution is 0.624. The van der Waals surface area contributed by atoms with Crippen LogP contribution in [0, 0.1) is 17.1 Å². The van der Waals surface area contributed by atoms with Crippen molar-refractivity contribution in [2.75, 3.05) is 0 Å². The number of rotatable bonds is 5. The molecule has 0 spiro atoms. The van der Waals surface area contributed by atoms with Crippen LogP contribution in [0.3, 0.4) is 0 Å². The van der Waals surface area contributed by atoms with Gasteiger partial charge in [0.05, 0.1) is 23.6 Å². The van der Waals surface area contributed by atoms with E-state index in [4.69, 9.17) is 5.26 Å². The average Bonchev–Trinajstić information content (AvgIpc) is 3.15. The predicted molar refractivity (Wildman–Crippen MR) is 110 cm³/mol. The van der Waals surface area contributed by atoms with Gasteiger partial charge in [0.2, 0.25) is 0 Å². The van der Waals surface area contributed by atoms with E-state index in [2.05, 4.69) is 17.6 Å². The molecule has 0 aliphatic rings. The Kier molecular flexibility index (Phi) is 4.86. The lowest BCUT2D eigenvalue weighted by Gasteiger charge is -2.12. The fraction of sp³-hybridized carbons (Fsp3) is 0.0909. The SMILES string of the molecule is C=CCn1c(=O)c2c(ncn2Cc2ccc(C#N)cc2)n(-c2cccc(F)c2)c1=O. The van der Waals surface area contributed by atoms with Gasteiger partial charge in [-0.2, -0.15) is 5.26 Å². The fourth-order valence-electron chi connectivity index (χ4n) is 3.32. The molecule has 0 atom stereocenters. The number of halogens is 1. The Bertz CT molecular complexity index is 1420. The first-order valence-corrected chi connectivity index (χ1v) is 9.10. The lowest BCUT2D eigenvalue weighted by atomic mass is 10.1. The maximum atomic E-state index is 13.8. The smallest absolute Gasteiger partial charge is 0.320 e. The van der Waals surface area contributed by atoms with Gasteiger partial charge in [0.15, 0.2) is 11.2 Å². The van der Waals surface area contributed by atoms with Crippen LogP contribution in [0.25, 0.3) is 16.9 Å². The van der Waals surface area contributed by atoms with Gasteiger partial charge in [0, 0.05) is 13.1 Å². The molecule has 0 unspecified atom stereocenters. The molecule has 30 heavy (non-hydrogen) atoms. The van der Waals surface area contributed by atoms with Gasteiger partial charge in [-0.25, -0.2) is 18.7 Å². The number of imidazole rings is 1. The lowest BCUT2D eigenvalue weighted by Crippen LogP contribution is -2.39. The molecule has 8 heteroatoms. The van der Waals surface area contributed by atoms with Crippen LogP contribution in [0.1, 0.15) is 11.1 Å². The Morgan fingerprint density at radius 1 is 1.17 bits per heavy atom. The summed E-state index contributed by atoms with van der Waals surface area (Å²) in [5.74, 6) is -0.508. The maximum absolute atomic E-state index is 13.8. The van der Waals surface area contributed by atoms with Crippen molar-refractivity contribution >= 4 is 11.2 Å². The van der Waals surface area contributed by atoms with Crippen molar-refractivity contribution in [1.82, 2.24) is 18.7 Å². The van der Waals surface area contributed by atoms with E-state index >= 15 is 0 Å². The highest BCUT2D eigenvalue weighted by molar-refractivity contribution is 5.72. The minimum atomic E-state index is -0.623. The van der Waals surface area contributed by atoms with Crippen LogP contribution in [-0.2, 0) is 13.1 Å². The van der Waals surface area contributed by atoms with Crippen molar-refractivity contribution in [1.29, 1.82) is 5.26 Å². The topological polar surface area (TPSA) is 85.6 Å². The average molecular weight is 401 g/mol. The summed E-state index contributed by atoms with van der Waals surface area (Å²) in [6, 6.07) is 14.6. The first-order chi connectivity index (χ1) is 14.5. The van der Waals surface area contributed by atoms with Crippen LogP contribution in [-0.4, -0.2) is 18.7 Å². The summed E-state index contributed by atoms with van der Waals surface area (Å²) in [4.78, 5) is 30.4. The van der Waals surface area contributed by atoms with Gasteiger partial charge in [-0.1, -0.05) is 24.3 Å². The highest BCUT2D eigenvalue weighted by Gasteiger charge is 2.19. The van der Waals surface area contributed by atoms with E-state index in [9.17, 15) is 14.0 Å². The molecule has 0 fully saturated rings. The van der Waals surface area contributed by atoms with Crippen molar-refractivity contribution in [3.05, 3.63) is 105 Å². The summed E-state index contributed by atoms with van der Waals surface area (Å²) in [6.07, 6.45) is 2.92. The summed E-state index contributed by atoms with van der Waals surface area (Å²) < 4.78 is 17.7. The van der Waals surface area contributed by atoms with Crippen LogP contribution in [0.2, 0.25) is 0 Å². The minimum absolute atomic E-state index is 0.00493. The molecular formula is C22H16FN5O2. The van der Waals surface area contributed by atoms with Gasteiger partial charge < -0.3 is 4.57 Å². The van der Waals surface area contributed by atoms with E-state index in [1.807, 2.05) is 0 Å². The van der Waals surface area contributed by atoms with E-state index in [-0.39, 0.29) is 23.4 Å². The van der Waals surface area contributed by atoms with Gasteiger partial charge in [-0.05, 0) is 35.9 Å². The van der Waals surface area contributed by atoms with E-state index in [0.29, 0.717) is 12.1 Å². The van der Waals surface area contributed by atoms with E-state index in [1.165, 1.54) is 35.2 Å². The molecule has 0 saturated carbocycles. The number of fused-ring (bicyclic) bond motifs is 1. The summed E-state index contributed by atoms with van der Waals surface area (Å²) in [6.45, 7) is 3.93. The fourth-order valence-corrected chi connectivity index (χ4v) is 3.32. The largest absolute Gasteiger partial charge is 0.337 e. The third-order valence-electron chi connectivity index (χ3n) is 4.71. The normalized spacial score (nSPS) is 10.8. The zero-order valence-electron chi connectivity index (χ0n) is 15.8. The van der Waals surface area contributed by atoms with Gasteiger partial charge in [-0.3, -0.25) is 9.36 Å². The zero-order valence-corrected chi connectivity index (χ0v) is 15.8. The second-order valence-corrected chi connectivity index (χ2v) is 6.66. The van der Waals surface area contributed by atoms with Gasteiger partial charge in [0.25, 0.3) is 5.56 Å². The third kappa shape index (κ3) is 3.22. The van der Waals surface area contributed by atoms with E-state index in [1.54, 1.807) is 34.9 Å². The molecule has 0 aliphatic heterocycles. The molecule has 2 aromatic carbocycles. The molecule has 4 aromatic rings. The molecule has 0 radical (unpaired) electrons. The quantitative estimate of drug-likeness (QED) is 0.481. The van der Waals surface area contributed by atoms with Crippen LogP contribution in [0.5, 0.6) is 0 Å². The number of hydrogen-bond acceptors (Lipinski definition) is 4. The molecule has 0 bridgehead atoms. The summed E-state index contributed by atoms with van der Waals surface area (Å²) in [7, 11) is 0. The van der Waals surface area contributed by atoms with Crippen LogP contribution < -0.4 is 11.2 Å². The van der Waals surface area contributed by atoms with Crippen molar-refractivity contribution in [3.63, 3.8) is 0 Å². The Balaban J connectivity index is 1.96. The summed E-state index contributed by atoms with van der Waals surface area (Å²) in [5, 5.41) is 8.95. The van der Waals surface area contributed by atoms with E-state index in [0.717, 1.165) is 10.1 Å². The van der Waals surface area contributed by atoms with Crippen molar-refractivity contribution in [2.45, 2.75) is 13.1 Å². The van der Waals surface area contributed by atoms with E-state index < -0.39 is 17.1 Å². The molecule has 2 heterocycles. The number of benzene rings is 2. The summed E-state index contributed by atoms with van der Waals surface area (Å²) >= 11 is 0. The highest BCUT2D eigenvalue weighted by atomic mass is 19.1. The standard InChI is InChI=1S/C22H16FN5O2/c1-2-10-27-21(29)19-20(28(22(27)30)18-5-3-4-17(23)11-18)25-14-26(19)13-16-8-6-15(12-24)7-9-16/h2-9,11,14H,1,10,13H2. The number of nitrogens with zero attached hydrogens (tertiary/aromatic N) is 5. The Morgan fingerprint density at radius 2 is 1.93 bits per heavy atom. The second-order valence-electron chi connectivity index (χ2n) is 6.66. The minimum Gasteiger partial charge on any atom is -0.320 e. The summed E-state index contributed by atoms with van der Waals surface area (Å²) in [5.41, 5.74) is 0.880. The molecule has 2 aromatic heterocycles. The zero-order chi connectivity index (χ0) is 21.3. The molecule has 0 aliphatic carbocycles. The molecule has 4 rings (SSSR count).